The monoisotopic (exact) mass is 317 g/mol. The SMILES string of the molecule is Nc1ccc(Br)c(CN(CC(=O)O)CC(=O)O)n1. The average Bonchev–Trinajstić information content (AvgIpc) is 2.21. The third kappa shape index (κ3) is 4.68. The summed E-state index contributed by atoms with van der Waals surface area (Å²) in [6.07, 6.45) is 0. The van der Waals surface area contributed by atoms with Gasteiger partial charge in [0, 0.05) is 11.0 Å². The molecule has 0 aliphatic carbocycles. The average molecular weight is 318 g/mol. The number of halogens is 1. The first-order valence-corrected chi connectivity index (χ1v) is 5.74. The molecule has 0 amide bonds. The molecule has 1 heterocycles. The lowest BCUT2D eigenvalue weighted by Gasteiger charge is -2.18. The van der Waals surface area contributed by atoms with Gasteiger partial charge in [-0.2, -0.15) is 0 Å². The second-order valence-corrected chi connectivity index (χ2v) is 4.45. The van der Waals surface area contributed by atoms with Gasteiger partial charge in [-0.1, -0.05) is 0 Å². The molecule has 0 saturated heterocycles. The van der Waals surface area contributed by atoms with Crippen molar-refractivity contribution in [3.63, 3.8) is 0 Å². The number of carboxylic acids is 2. The van der Waals surface area contributed by atoms with Gasteiger partial charge >= 0.3 is 11.9 Å². The van der Waals surface area contributed by atoms with E-state index in [0.29, 0.717) is 16.0 Å². The van der Waals surface area contributed by atoms with Crippen molar-refractivity contribution in [3.05, 3.63) is 22.3 Å². The Kier molecular flexibility index (Phi) is 5.05. The van der Waals surface area contributed by atoms with Crippen molar-refractivity contribution in [2.24, 2.45) is 0 Å². The number of carbonyl (C=O) groups is 2. The van der Waals surface area contributed by atoms with Crippen LogP contribution in [0.25, 0.3) is 0 Å². The van der Waals surface area contributed by atoms with E-state index in [0.717, 1.165) is 0 Å². The number of aliphatic carboxylic acids is 2. The Balaban J connectivity index is 2.84. The Hall–Kier alpha value is -1.67. The minimum absolute atomic E-state index is 0.0875. The molecule has 7 nitrogen and oxygen atoms in total. The van der Waals surface area contributed by atoms with Crippen LogP contribution in [0.2, 0.25) is 0 Å². The second kappa shape index (κ2) is 6.31. The predicted molar refractivity (Wildman–Crippen MR) is 66.9 cm³/mol. The van der Waals surface area contributed by atoms with Gasteiger partial charge in [-0.15, -0.1) is 0 Å². The normalized spacial score (nSPS) is 10.6. The molecule has 98 valence electrons. The molecule has 0 aromatic carbocycles. The Morgan fingerprint density at radius 1 is 1.28 bits per heavy atom. The van der Waals surface area contributed by atoms with Crippen molar-refractivity contribution in [3.8, 4) is 0 Å². The van der Waals surface area contributed by atoms with E-state index in [1.165, 1.54) is 4.90 Å². The molecule has 0 unspecified atom stereocenters. The highest BCUT2D eigenvalue weighted by Gasteiger charge is 2.16. The van der Waals surface area contributed by atoms with Crippen LogP contribution in [0.4, 0.5) is 5.82 Å². The Morgan fingerprint density at radius 3 is 2.33 bits per heavy atom. The van der Waals surface area contributed by atoms with Crippen LogP contribution in [0.3, 0.4) is 0 Å². The molecule has 4 N–H and O–H groups in total. The lowest BCUT2D eigenvalue weighted by atomic mass is 10.3. The number of nitrogens with two attached hydrogens (primary N) is 1. The molecular weight excluding hydrogens is 306 g/mol. The molecule has 0 radical (unpaired) electrons. The van der Waals surface area contributed by atoms with Crippen LogP contribution in [-0.4, -0.2) is 45.1 Å². The quantitative estimate of drug-likeness (QED) is 0.695. The number of nitrogens with zero attached hydrogens (tertiary/aromatic N) is 2. The lowest BCUT2D eigenvalue weighted by molar-refractivity contribution is -0.142. The molecule has 1 aromatic heterocycles. The molecule has 0 atom stereocenters. The molecule has 0 spiro atoms. The van der Waals surface area contributed by atoms with Gasteiger partial charge in [0.1, 0.15) is 5.82 Å². The number of carboxylic acid groups (broad SMARTS) is 2. The van der Waals surface area contributed by atoms with E-state index in [9.17, 15) is 9.59 Å². The van der Waals surface area contributed by atoms with Crippen LogP contribution in [0.5, 0.6) is 0 Å². The smallest absolute Gasteiger partial charge is 0.317 e. The number of hydrogen-bond donors (Lipinski definition) is 3. The summed E-state index contributed by atoms with van der Waals surface area (Å²) in [4.78, 5) is 26.6. The molecule has 0 aliphatic rings. The summed E-state index contributed by atoms with van der Waals surface area (Å²) in [6.45, 7) is -0.672. The first-order chi connectivity index (χ1) is 8.38. The summed E-state index contributed by atoms with van der Waals surface area (Å²) in [5.41, 5.74) is 6.02. The zero-order valence-electron chi connectivity index (χ0n) is 9.34. The second-order valence-electron chi connectivity index (χ2n) is 3.60. The summed E-state index contributed by atoms with van der Waals surface area (Å²) >= 11 is 3.25. The van der Waals surface area contributed by atoms with E-state index in [1.807, 2.05) is 0 Å². The highest BCUT2D eigenvalue weighted by molar-refractivity contribution is 9.10. The van der Waals surface area contributed by atoms with Gasteiger partial charge in [0.25, 0.3) is 0 Å². The maximum absolute atomic E-state index is 10.6. The Bertz CT molecular complexity index is 450. The lowest BCUT2D eigenvalue weighted by Crippen LogP contribution is -2.34. The van der Waals surface area contributed by atoms with Crippen molar-refractivity contribution in [1.82, 2.24) is 9.88 Å². The Labute approximate surface area is 111 Å². The number of aromatic nitrogens is 1. The molecule has 8 heteroatoms. The molecule has 18 heavy (non-hydrogen) atoms. The highest BCUT2D eigenvalue weighted by atomic mass is 79.9. The first kappa shape index (κ1) is 14.4. The summed E-state index contributed by atoms with van der Waals surface area (Å²) in [7, 11) is 0. The molecular formula is C10H12BrN3O4. The molecule has 0 fully saturated rings. The van der Waals surface area contributed by atoms with Crippen molar-refractivity contribution in [2.45, 2.75) is 6.54 Å². The first-order valence-electron chi connectivity index (χ1n) is 4.95. The fraction of sp³-hybridized carbons (Fsp3) is 0.300. The van der Waals surface area contributed by atoms with Gasteiger partial charge in [0.15, 0.2) is 0 Å². The van der Waals surface area contributed by atoms with Gasteiger partial charge in [-0.05, 0) is 28.1 Å². The van der Waals surface area contributed by atoms with E-state index >= 15 is 0 Å². The summed E-state index contributed by atoms with van der Waals surface area (Å²) < 4.78 is 0.650. The molecule has 0 aliphatic heterocycles. The minimum Gasteiger partial charge on any atom is -0.480 e. The van der Waals surface area contributed by atoms with Crippen molar-refractivity contribution >= 4 is 33.7 Å². The number of anilines is 1. The molecule has 0 saturated carbocycles. The van der Waals surface area contributed by atoms with Gasteiger partial charge in [-0.25, -0.2) is 4.98 Å². The molecule has 0 bridgehead atoms. The maximum atomic E-state index is 10.6. The van der Waals surface area contributed by atoms with E-state index in [-0.39, 0.29) is 19.6 Å². The molecule has 1 rings (SSSR count). The van der Waals surface area contributed by atoms with E-state index < -0.39 is 11.9 Å². The third-order valence-corrected chi connectivity index (χ3v) is 2.75. The summed E-state index contributed by atoms with van der Waals surface area (Å²) in [5.74, 6) is -1.91. The van der Waals surface area contributed by atoms with E-state index in [4.69, 9.17) is 15.9 Å². The zero-order valence-corrected chi connectivity index (χ0v) is 10.9. The number of pyridine rings is 1. The number of hydrogen-bond acceptors (Lipinski definition) is 5. The van der Waals surface area contributed by atoms with Crippen LogP contribution in [-0.2, 0) is 16.1 Å². The van der Waals surface area contributed by atoms with E-state index in [2.05, 4.69) is 20.9 Å². The molecule has 1 aromatic rings. The van der Waals surface area contributed by atoms with Gasteiger partial charge in [0.2, 0.25) is 0 Å². The van der Waals surface area contributed by atoms with Crippen LogP contribution < -0.4 is 5.73 Å². The van der Waals surface area contributed by atoms with Crippen molar-refractivity contribution in [1.29, 1.82) is 0 Å². The standard InChI is InChI=1S/C10H12BrN3O4/c11-6-1-2-8(12)13-7(6)3-14(4-9(15)16)5-10(17)18/h1-2H,3-5H2,(H2,12,13)(H,15,16)(H,17,18). The fourth-order valence-electron chi connectivity index (χ4n) is 1.37. The van der Waals surface area contributed by atoms with E-state index in [1.54, 1.807) is 12.1 Å². The minimum atomic E-state index is -1.10. The zero-order chi connectivity index (χ0) is 13.7. The largest absolute Gasteiger partial charge is 0.480 e. The number of nitrogen functional groups attached to an aromatic ring is 1. The number of rotatable bonds is 6. The predicted octanol–water partition coefficient (Wildman–Crippen LogP) is 0.397. The summed E-state index contributed by atoms with van der Waals surface area (Å²) in [6, 6.07) is 3.27. The fourth-order valence-corrected chi connectivity index (χ4v) is 1.72. The third-order valence-electron chi connectivity index (χ3n) is 2.03. The summed E-state index contributed by atoms with van der Waals surface area (Å²) in [5, 5.41) is 17.4. The van der Waals surface area contributed by atoms with Crippen LogP contribution in [0.15, 0.2) is 16.6 Å². The van der Waals surface area contributed by atoms with Crippen LogP contribution in [0, 0.1) is 0 Å². The van der Waals surface area contributed by atoms with Gasteiger partial charge in [-0.3, -0.25) is 14.5 Å². The Morgan fingerprint density at radius 2 is 1.83 bits per heavy atom. The van der Waals surface area contributed by atoms with Crippen LogP contribution in [0.1, 0.15) is 5.69 Å². The van der Waals surface area contributed by atoms with Gasteiger partial charge < -0.3 is 15.9 Å². The topological polar surface area (TPSA) is 117 Å². The maximum Gasteiger partial charge on any atom is 0.317 e. The van der Waals surface area contributed by atoms with Crippen molar-refractivity contribution in [2.75, 3.05) is 18.8 Å². The van der Waals surface area contributed by atoms with Crippen LogP contribution >= 0.6 is 15.9 Å². The highest BCUT2D eigenvalue weighted by Crippen LogP contribution is 2.17. The van der Waals surface area contributed by atoms with Gasteiger partial charge in [0.05, 0.1) is 18.8 Å². The van der Waals surface area contributed by atoms with Crippen molar-refractivity contribution < 1.29 is 19.8 Å².